The third-order valence-corrected chi connectivity index (χ3v) is 3.66. The molecule has 1 aromatic carbocycles. The Labute approximate surface area is 114 Å². The van der Waals surface area contributed by atoms with E-state index in [1.165, 1.54) is 18.2 Å². The van der Waals surface area contributed by atoms with E-state index < -0.39 is 11.7 Å². The van der Waals surface area contributed by atoms with Crippen LogP contribution in [-0.4, -0.2) is 33.8 Å². The van der Waals surface area contributed by atoms with E-state index in [1.54, 1.807) is 4.90 Å². The van der Waals surface area contributed by atoms with Crippen LogP contribution in [0.3, 0.4) is 0 Å². The lowest BCUT2D eigenvalue weighted by molar-refractivity contribution is 0.0591. The highest BCUT2D eigenvalue weighted by Gasteiger charge is 2.31. The van der Waals surface area contributed by atoms with Crippen LogP contribution in [0.1, 0.15) is 29.6 Å². The summed E-state index contributed by atoms with van der Waals surface area (Å²) in [5.74, 6) is -1.38. The number of carbonyl (C=O) groups is 1. The molecule has 0 radical (unpaired) electrons. The lowest BCUT2D eigenvalue weighted by Crippen LogP contribution is -2.45. The Morgan fingerprint density at radius 1 is 1.50 bits per heavy atom. The maximum Gasteiger partial charge on any atom is 0.260 e. The molecule has 0 atom stereocenters. The first-order valence-corrected chi connectivity index (χ1v) is 7.11. The Hall–Kier alpha value is -1.10. The minimum atomic E-state index is -0.668. The number of hydrogen-bond acceptors (Lipinski definition) is 2. The Bertz CT molecular complexity index is 428. The van der Waals surface area contributed by atoms with Gasteiger partial charge in [-0.05, 0) is 31.4 Å². The quantitative estimate of drug-likeness (QED) is 0.868. The molecule has 0 aromatic heterocycles. The fourth-order valence-corrected chi connectivity index (χ4v) is 2.49. The minimum Gasteiger partial charge on any atom is -0.507 e. The van der Waals surface area contributed by atoms with E-state index in [1.807, 2.05) is 0 Å². The maximum atomic E-state index is 13.7. The van der Waals surface area contributed by atoms with E-state index in [9.17, 15) is 14.3 Å². The van der Waals surface area contributed by atoms with E-state index in [4.69, 9.17) is 0 Å². The van der Waals surface area contributed by atoms with Crippen LogP contribution in [0.4, 0.5) is 4.39 Å². The number of phenols is 1. The molecule has 0 saturated heterocycles. The van der Waals surface area contributed by atoms with Crippen molar-refractivity contribution in [1.29, 1.82) is 0 Å². The van der Waals surface area contributed by atoms with E-state index in [0.29, 0.717) is 11.9 Å². The number of carbonyl (C=O) groups excluding carboxylic acids is 1. The van der Waals surface area contributed by atoms with Crippen LogP contribution in [0.5, 0.6) is 5.75 Å². The smallest absolute Gasteiger partial charge is 0.260 e. The average Bonchev–Trinajstić information content (AvgIpc) is 2.25. The Balaban J connectivity index is 2.27. The van der Waals surface area contributed by atoms with Crippen LogP contribution in [0, 0.1) is 5.82 Å². The Kier molecular flexibility index (Phi) is 4.22. The highest BCUT2D eigenvalue weighted by molar-refractivity contribution is 9.09. The summed E-state index contributed by atoms with van der Waals surface area (Å²) in [4.78, 5) is 14.0. The van der Waals surface area contributed by atoms with Gasteiger partial charge in [-0.25, -0.2) is 4.39 Å². The fourth-order valence-electron chi connectivity index (χ4n) is 2.11. The van der Waals surface area contributed by atoms with Gasteiger partial charge < -0.3 is 10.0 Å². The van der Waals surface area contributed by atoms with Crippen molar-refractivity contribution in [2.75, 3.05) is 11.9 Å². The number of aromatic hydroxyl groups is 1. The number of rotatable bonds is 4. The monoisotopic (exact) mass is 315 g/mol. The lowest BCUT2D eigenvalue weighted by atomic mass is 9.91. The van der Waals surface area contributed by atoms with Crippen molar-refractivity contribution in [1.82, 2.24) is 4.90 Å². The molecule has 2 rings (SSSR count). The lowest BCUT2D eigenvalue weighted by Gasteiger charge is -2.37. The van der Waals surface area contributed by atoms with Crippen LogP contribution < -0.4 is 0 Å². The fraction of sp³-hybridized carbons (Fsp3) is 0.462. The predicted octanol–water partition coefficient (Wildman–Crippen LogP) is 2.92. The van der Waals surface area contributed by atoms with Crippen molar-refractivity contribution in [3.05, 3.63) is 29.6 Å². The van der Waals surface area contributed by atoms with E-state index in [0.717, 1.165) is 19.3 Å². The van der Waals surface area contributed by atoms with Crippen LogP contribution in [0.25, 0.3) is 0 Å². The first kappa shape index (κ1) is 13.3. The third-order valence-electron chi connectivity index (χ3n) is 3.31. The zero-order valence-electron chi connectivity index (χ0n) is 9.90. The van der Waals surface area contributed by atoms with Crippen molar-refractivity contribution in [2.24, 2.45) is 0 Å². The third kappa shape index (κ3) is 2.51. The molecule has 1 aromatic rings. The Morgan fingerprint density at radius 3 is 2.72 bits per heavy atom. The molecule has 1 amide bonds. The second-order valence-electron chi connectivity index (χ2n) is 4.41. The zero-order valence-corrected chi connectivity index (χ0v) is 11.5. The number of benzene rings is 1. The number of halogens is 2. The van der Waals surface area contributed by atoms with Gasteiger partial charge in [0, 0.05) is 17.9 Å². The maximum absolute atomic E-state index is 13.7. The van der Waals surface area contributed by atoms with Gasteiger partial charge in [0.25, 0.3) is 5.91 Å². The molecule has 5 heteroatoms. The minimum absolute atomic E-state index is 0.175. The zero-order chi connectivity index (χ0) is 13.1. The number of amides is 1. The second kappa shape index (κ2) is 5.69. The highest BCUT2D eigenvalue weighted by atomic mass is 79.9. The van der Waals surface area contributed by atoms with Crippen molar-refractivity contribution in [3.8, 4) is 5.75 Å². The molecule has 98 valence electrons. The topological polar surface area (TPSA) is 40.5 Å². The van der Waals surface area contributed by atoms with Gasteiger partial charge in [0.1, 0.15) is 17.1 Å². The largest absolute Gasteiger partial charge is 0.507 e. The first-order chi connectivity index (χ1) is 8.65. The molecule has 0 aliphatic heterocycles. The van der Waals surface area contributed by atoms with E-state index >= 15 is 0 Å². The summed E-state index contributed by atoms with van der Waals surface area (Å²) in [5.41, 5.74) is -0.217. The van der Waals surface area contributed by atoms with Crippen molar-refractivity contribution >= 4 is 21.8 Å². The highest BCUT2D eigenvalue weighted by Crippen LogP contribution is 2.29. The number of alkyl halides is 1. The molecule has 1 aliphatic carbocycles. The number of nitrogens with zero attached hydrogens (tertiary/aromatic N) is 1. The van der Waals surface area contributed by atoms with Crippen LogP contribution in [0.15, 0.2) is 18.2 Å². The van der Waals surface area contributed by atoms with Crippen LogP contribution in [-0.2, 0) is 0 Å². The van der Waals surface area contributed by atoms with E-state index in [2.05, 4.69) is 15.9 Å². The molecular weight excluding hydrogens is 301 g/mol. The van der Waals surface area contributed by atoms with Crippen LogP contribution in [0.2, 0.25) is 0 Å². The van der Waals surface area contributed by atoms with Crippen LogP contribution >= 0.6 is 15.9 Å². The standard InChI is InChI=1S/C13H15BrFNO2/c14-7-8-16(9-3-1-4-9)13(18)12-10(15)5-2-6-11(12)17/h2,5-6,9,17H,1,3-4,7-8H2. The molecular formula is C13H15BrFNO2. The molecule has 1 fully saturated rings. The second-order valence-corrected chi connectivity index (χ2v) is 5.20. The van der Waals surface area contributed by atoms with Gasteiger partial charge in [-0.15, -0.1) is 0 Å². The van der Waals surface area contributed by atoms with Gasteiger partial charge in [-0.2, -0.15) is 0 Å². The van der Waals surface area contributed by atoms with Crippen molar-refractivity contribution in [2.45, 2.75) is 25.3 Å². The normalized spacial score (nSPS) is 15.2. The van der Waals surface area contributed by atoms with Gasteiger partial charge in [0.2, 0.25) is 0 Å². The summed E-state index contributed by atoms with van der Waals surface area (Å²) in [7, 11) is 0. The Morgan fingerprint density at radius 2 is 2.22 bits per heavy atom. The molecule has 18 heavy (non-hydrogen) atoms. The van der Waals surface area contributed by atoms with Crippen molar-refractivity contribution < 1.29 is 14.3 Å². The predicted molar refractivity (Wildman–Crippen MR) is 70.5 cm³/mol. The molecule has 0 bridgehead atoms. The van der Waals surface area contributed by atoms with Gasteiger partial charge in [-0.1, -0.05) is 22.0 Å². The van der Waals surface area contributed by atoms with Gasteiger partial charge >= 0.3 is 0 Å². The SMILES string of the molecule is O=C(c1c(O)cccc1F)N(CCBr)C1CCC1. The molecule has 0 spiro atoms. The van der Waals surface area contributed by atoms with Gasteiger partial charge in [-0.3, -0.25) is 4.79 Å². The van der Waals surface area contributed by atoms with E-state index in [-0.39, 0.29) is 17.4 Å². The number of phenolic OH excluding ortho intramolecular Hbond substituents is 1. The summed E-state index contributed by atoms with van der Waals surface area (Å²) in [6, 6.07) is 4.09. The summed E-state index contributed by atoms with van der Waals surface area (Å²) in [6.45, 7) is 0.525. The summed E-state index contributed by atoms with van der Waals surface area (Å²) in [6.07, 6.45) is 3.00. The average molecular weight is 316 g/mol. The summed E-state index contributed by atoms with van der Waals surface area (Å²) >= 11 is 3.30. The van der Waals surface area contributed by atoms with Gasteiger partial charge in [0.05, 0.1) is 0 Å². The first-order valence-electron chi connectivity index (χ1n) is 5.99. The van der Waals surface area contributed by atoms with Crippen molar-refractivity contribution in [3.63, 3.8) is 0 Å². The molecule has 3 nitrogen and oxygen atoms in total. The number of hydrogen-bond donors (Lipinski definition) is 1. The molecule has 0 heterocycles. The molecule has 1 saturated carbocycles. The summed E-state index contributed by atoms with van der Waals surface area (Å²) < 4.78 is 13.7. The molecule has 0 unspecified atom stereocenters. The molecule has 1 aliphatic rings. The molecule has 1 N–H and O–H groups in total. The summed E-state index contributed by atoms with van der Waals surface area (Å²) in [5, 5.41) is 10.3. The van der Waals surface area contributed by atoms with Gasteiger partial charge in [0.15, 0.2) is 0 Å².